The zero-order chi connectivity index (χ0) is 30.0. The molecule has 3 heterocycles. The molecule has 42 heavy (non-hydrogen) atoms. The summed E-state index contributed by atoms with van der Waals surface area (Å²) >= 11 is 6.11. The van der Waals surface area contributed by atoms with E-state index in [1.165, 1.54) is 13.2 Å². The maximum absolute atomic E-state index is 14.1. The van der Waals surface area contributed by atoms with Crippen LogP contribution < -0.4 is 0 Å². The van der Waals surface area contributed by atoms with Gasteiger partial charge in [0.15, 0.2) is 12.0 Å². The molecule has 1 aromatic heterocycles. The highest BCUT2D eigenvalue weighted by atomic mass is 35.5. The highest BCUT2D eigenvalue weighted by Crippen LogP contribution is 2.43. The van der Waals surface area contributed by atoms with Gasteiger partial charge in [-0.05, 0) is 36.7 Å². The number of esters is 1. The minimum atomic E-state index is -4.79. The molecule has 3 aromatic rings. The number of hydrogen-bond acceptors (Lipinski definition) is 8. The first-order valence-corrected chi connectivity index (χ1v) is 13.2. The zero-order valence-electron chi connectivity index (χ0n) is 22.3. The van der Waals surface area contributed by atoms with Crippen LogP contribution in [0.1, 0.15) is 46.6 Å². The number of rotatable bonds is 7. The fraction of sp³-hybridized carbons (Fsp3) is 0.407. The molecular weight excluding hydrogens is 583 g/mol. The van der Waals surface area contributed by atoms with Gasteiger partial charge in [0.05, 0.1) is 36.2 Å². The molecule has 15 heteroatoms. The van der Waals surface area contributed by atoms with Crippen molar-refractivity contribution in [3.63, 3.8) is 0 Å². The summed E-state index contributed by atoms with van der Waals surface area (Å²) in [7, 11) is 1.34. The Balaban J connectivity index is 1.61. The Hall–Kier alpha value is -3.65. The predicted octanol–water partition coefficient (Wildman–Crippen LogP) is 5.97. The van der Waals surface area contributed by atoms with Crippen LogP contribution in [0, 0.1) is 0 Å². The summed E-state index contributed by atoms with van der Waals surface area (Å²) in [6.07, 6.45) is -9.51. The van der Waals surface area contributed by atoms with Gasteiger partial charge in [0, 0.05) is 22.6 Å². The number of nitrogens with zero attached hydrogens (tertiary/aromatic N) is 5. The molecule has 0 spiro atoms. The van der Waals surface area contributed by atoms with Gasteiger partial charge >= 0.3 is 12.1 Å². The monoisotopic (exact) mass is 607 g/mol. The van der Waals surface area contributed by atoms with E-state index in [1.807, 2.05) is 30.3 Å². The molecule has 0 amide bonds. The lowest BCUT2D eigenvalue weighted by Crippen LogP contribution is -2.59. The number of halogens is 4. The van der Waals surface area contributed by atoms with E-state index >= 15 is 0 Å². The quantitative estimate of drug-likeness (QED) is 0.140. The minimum Gasteiger partial charge on any atom is -0.461 e. The summed E-state index contributed by atoms with van der Waals surface area (Å²) in [6.45, 7) is 1.58. The first kappa shape index (κ1) is 29.8. The van der Waals surface area contributed by atoms with Crippen molar-refractivity contribution in [2.75, 3.05) is 20.3 Å². The van der Waals surface area contributed by atoms with E-state index in [0.29, 0.717) is 0 Å². The highest BCUT2D eigenvalue weighted by Gasteiger charge is 2.51. The summed E-state index contributed by atoms with van der Waals surface area (Å²) in [4.78, 5) is 15.6. The van der Waals surface area contributed by atoms with Crippen LogP contribution >= 0.6 is 11.6 Å². The van der Waals surface area contributed by atoms with Crippen LogP contribution in [0.5, 0.6) is 0 Å². The molecule has 0 radical (unpaired) electrons. The minimum absolute atomic E-state index is 0.000516. The lowest BCUT2D eigenvalue weighted by Gasteiger charge is -2.48. The van der Waals surface area contributed by atoms with Gasteiger partial charge in [-0.3, -0.25) is 0 Å². The molecule has 2 aliphatic heterocycles. The third-order valence-corrected chi connectivity index (χ3v) is 7.12. The van der Waals surface area contributed by atoms with E-state index in [2.05, 4.69) is 15.1 Å². The normalized spacial score (nSPS) is 25.8. The first-order chi connectivity index (χ1) is 20.2. The van der Waals surface area contributed by atoms with Gasteiger partial charge in [-0.25, -0.2) is 9.48 Å². The smallest absolute Gasteiger partial charge is 0.418 e. The Bertz CT molecular complexity index is 1480. The summed E-state index contributed by atoms with van der Waals surface area (Å²) in [5.74, 6) is -0.864. The number of azide groups is 1. The Morgan fingerprint density at radius 1 is 1.21 bits per heavy atom. The zero-order valence-corrected chi connectivity index (χ0v) is 23.0. The molecule has 0 aliphatic carbocycles. The van der Waals surface area contributed by atoms with Crippen LogP contribution in [-0.2, 0) is 29.9 Å². The number of benzene rings is 2. The van der Waals surface area contributed by atoms with Crippen LogP contribution in [0.25, 0.3) is 16.1 Å². The van der Waals surface area contributed by atoms with Gasteiger partial charge < -0.3 is 23.7 Å². The maximum atomic E-state index is 14.1. The lowest BCUT2D eigenvalue weighted by atomic mass is 9.90. The van der Waals surface area contributed by atoms with Crippen LogP contribution in [0.2, 0.25) is 5.02 Å². The second-order valence-corrected chi connectivity index (χ2v) is 9.85. The molecule has 2 fully saturated rings. The summed E-state index contributed by atoms with van der Waals surface area (Å²) < 4.78 is 72.4. The van der Waals surface area contributed by atoms with Crippen molar-refractivity contribution >= 4 is 17.6 Å². The molecule has 0 N–H and O–H groups in total. The number of carbonyl (C=O) groups excluding carboxylic acids is 1. The Morgan fingerprint density at radius 3 is 2.64 bits per heavy atom. The SMILES string of the molecule is CCOC(=O)c1cc([C@@H]2OC3COC(c4ccccc4)O[C@@H]3C(N=[N+]=[N-])C2OC)n(-c2cc(Cl)ccc2C(F)(F)F)n1. The highest BCUT2D eigenvalue weighted by molar-refractivity contribution is 6.30. The third kappa shape index (κ3) is 5.82. The van der Waals surface area contributed by atoms with E-state index in [0.717, 1.165) is 28.4 Å². The van der Waals surface area contributed by atoms with Crippen molar-refractivity contribution in [3.05, 3.63) is 92.6 Å². The number of aromatic nitrogens is 2. The Morgan fingerprint density at radius 2 is 1.98 bits per heavy atom. The summed E-state index contributed by atoms with van der Waals surface area (Å²) in [5, 5.41) is 8.11. The molecule has 5 rings (SSSR count). The standard InChI is InChI=1S/C27H25ClF3N5O6/c1-3-39-25(37)17-12-19(36(34-17)18-11-15(28)9-10-16(18)27(29,30)31)22-24(38-2)21(33-35-32)23-20(41-22)13-40-26(42-23)14-7-5-4-6-8-14/h4-12,20-24,26H,3,13H2,1-2H3/t20?,21?,22-,23-,24?,26?/m0/s1. The molecule has 2 saturated heterocycles. The molecule has 11 nitrogen and oxygen atoms in total. The van der Waals surface area contributed by atoms with Crippen molar-refractivity contribution < 1.29 is 41.7 Å². The van der Waals surface area contributed by atoms with Crippen molar-refractivity contribution in [2.24, 2.45) is 5.11 Å². The fourth-order valence-corrected chi connectivity index (χ4v) is 5.25. The fourth-order valence-electron chi connectivity index (χ4n) is 5.09. The van der Waals surface area contributed by atoms with Gasteiger partial charge in [0.2, 0.25) is 0 Å². The molecule has 6 atom stereocenters. The average molecular weight is 608 g/mol. The van der Waals surface area contributed by atoms with E-state index in [1.54, 1.807) is 6.92 Å². The molecular formula is C27H25ClF3N5O6. The number of carbonyl (C=O) groups is 1. The van der Waals surface area contributed by atoms with Gasteiger partial charge in [-0.1, -0.05) is 47.0 Å². The number of methoxy groups -OCH3 is 1. The molecule has 2 aliphatic rings. The van der Waals surface area contributed by atoms with Gasteiger partial charge in [0.25, 0.3) is 0 Å². The molecule has 0 bridgehead atoms. The Labute approximate surface area is 242 Å². The number of alkyl halides is 3. The lowest BCUT2D eigenvalue weighted by molar-refractivity contribution is -0.310. The van der Waals surface area contributed by atoms with Gasteiger partial charge in [0.1, 0.15) is 24.4 Å². The van der Waals surface area contributed by atoms with E-state index in [9.17, 15) is 23.5 Å². The van der Waals surface area contributed by atoms with Crippen molar-refractivity contribution in [1.29, 1.82) is 0 Å². The van der Waals surface area contributed by atoms with Crippen LogP contribution in [0.15, 0.2) is 59.7 Å². The number of hydrogen-bond donors (Lipinski definition) is 0. The largest absolute Gasteiger partial charge is 0.461 e. The van der Waals surface area contributed by atoms with Crippen molar-refractivity contribution in [1.82, 2.24) is 9.78 Å². The van der Waals surface area contributed by atoms with Crippen LogP contribution in [0.4, 0.5) is 13.2 Å². The predicted molar refractivity (Wildman–Crippen MR) is 141 cm³/mol. The first-order valence-electron chi connectivity index (χ1n) is 12.8. The molecule has 4 unspecified atom stereocenters. The summed E-state index contributed by atoms with van der Waals surface area (Å²) in [6, 6.07) is 12.3. The van der Waals surface area contributed by atoms with Crippen LogP contribution in [-0.4, -0.2) is 60.4 Å². The molecule has 222 valence electrons. The second-order valence-electron chi connectivity index (χ2n) is 9.41. The van der Waals surface area contributed by atoms with E-state index in [-0.39, 0.29) is 29.6 Å². The van der Waals surface area contributed by atoms with Gasteiger partial charge in [-0.15, -0.1) is 0 Å². The number of ether oxygens (including phenoxy) is 5. The molecule has 2 aromatic carbocycles. The van der Waals surface area contributed by atoms with Crippen molar-refractivity contribution in [2.45, 2.75) is 49.8 Å². The topological polar surface area (TPSA) is 130 Å². The number of fused-ring (bicyclic) bond motifs is 1. The average Bonchev–Trinajstić information content (AvgIpc) is 3.42. The van der Waals surface area contributed by atoms with Gasteiger partial charge in [-0.2, -0.15) is 18.3 Å². The molecule has 0 saturated carbocycles. The maximum Gasteiger partial charge on any atom is 0.418 e. The summed E-state index contributed by atoms with van der Waals surface area (Å²) in [5.41, 5.74) is 8.38. The van der Waals surface area contributed by atoms with E-state index < -0.39 is 60.1 Å². The third-order valence-electron chi connectivity index (χ3n) is 6.89. The van der Waals surface area contributed by atoms with Crippen LogP contribution in [0.3, 0.4) is 0 Å². The van der Waals surface area contributed by atoms with E-state index in [4.69, 9.17) is 35.3 Å². The van der Waals surface area contributed by atoms with Crippen molar-refractivity contribution in [3.8, 4) is 5.69 Å². The Kier molecular flexibility index (Phi) is 8.73. The second kappa shape index (κ2) is 12.3.